The number of carbonyl (C=O) groups excluding carboxylic acids is 2. The number of hydrogen-bond donors (Lipinski definition) is 1. The zero-order valence-electron chi connectivity index (χ0n) is 16.3. The summed E-state index contributed by atoms with van der Waals surface area (Å²) in [5.41, 5.74) is 3.26. The molecule has 0 spiro atoms. The third kappa shape index (κ3) is 4.76. The molecule has 2 aromatic carbocycles. The van der Waals surface area contributed by atoms with Crippen molar-refractivity contribution in [2.24, 2.45) is 0 Å². The van der Waals surface area contributed by atoms with E-state index in [4.69, 9.17) is 4.74 Å². The molecule has 1 heterocycles. The van der Waals surface area contributed by atoms with Crippen LogP contribution in [0, 0.1) is 0 Å². The van der Waals surface area contributed by atoms with E-state index in [1.165, 1.54) is 7.11 Å². The van der Waals surface area contributed by atoms with Gasteiger partial charge in [0.05, 0.1) is 30.9 Å². The number of hydrogen-bond acceptors (Lipinski definition) is 4. The summed E-state index contributed by atoms with van der Waals surface area (Å²) in [6.45, 7) is 2.69. The molecule has 28 heavy (non-hydrogen) atoms. The fourth-order valence-corrected chi connectivity index (χ4v) is 3.07. The number of aromatic nitrogens is 2. The molecule has 0 radical (unpaired) electrons. The molecular formula is C22H25N3O3. The molecule has 6 nitrogen and oxygen atoms in total. The first kappa shape index (κ1) is 19.6. The number of fused-ring (bicyclic) bond motifs is 1. The Morgan fingerprint density at radius 1 is 1.11 bits per heavy atom. The minimum absolute atomic E-state index is 0.0391. The largest absolute Gasteiger partial charge is 0.465 e. The first-order valence-corrected chi connectivity index (χ1v) is 9.53. The molecule has 3 aromatic rings. The molecule has 0 fully saturated rings. The number of ether oxygens (including phenoxy) is 1. The fraction of sp³-hybridized carbons (Fsp3) is 0.318. The standard InChI is InChI=1S/C22H25N3O3/c1-3-4-5-6-21(26)24-19-12-11-18-14-23-25(20(18)13-19)15-16-7-9-17(10-8-16)22(27)28-2/h7-14H,3-6,15H2,1-2H3,(H,24,26). The van der Waals surface area contributed by atoms with Gasteiger partial charge in [0.1, 0.15) is 0 Å². The van der Waals surface area contributed by atoms with E-state index < -0.39 is 0 Å². The minimum atomic E-state index is -0.351. The van der Waals surface area contributed by atoms with Crippen LogP contribution in [0.4, 0.5) is 5.69 Å². The van der Waals surface area contributed by atoms with Crippen molar-refractivity contribution in [3.05, 3.63) is 59.8 Å². The fourth-order valence-electron chi connectivity index (χ4n) is 3.07. The monoisotopic (exact) mass is 379 g/mol. The maximum Gasteiger partial charge on any atom is 0.337 e. The van der Waals surface area contributed by atoms with E-state index in [2.05, 4.69) is 17.3 Å². The van der Waals surface area contributed by atoms with E-state index in [0.717, 1.165) is 41.4 Å². The van der Waals surface area contributed by atoms with E-state index in [1.54, 1.807) is 12.1 Å². The molecule has 1 amide bonds. The number of anilines is 1. The lowest BCUT2D eigenvalue weighted by atomic mass is 10.1. The highest BCUT2D eigenvalue weighted by Gasteiger charge is 2.09. The number of unbranched alkanes of at least 4 members (excludes halogenated alkanes) is 2. The third-order valence-electron chi connectivity index (χ3n) is 4.64. The van der Waals surface area contributed by atoms with Gasteiger partial charge >= 0.3 is 5.97 Å². The predicted molar refractivity (Wildman–Crippen MR) is 109 cm³/mol. The second-order valence-electron chi connectivity index (χ2n) is 6.77. The highest BCUT2D eigenvalue weighted by atomic mass is 16.5. The number of carbonyl (C=O) groups is 2. The molecule has 1 aromatic heterocycles. The number of nitrogens with zero attached hydrogens (tertiary/aromatic N) is 2. The topological polar surface area (TPSA) is 73.2 Å². The summed E-state index contributed by atoms with van der Waals surface area (Å²) < 4.78 is 6.61. The Morgan fingerprint density at radius 3 is 2.61 bits per heavy atom. The highest BCUT2D eigenvalue weighted by Crippen LogP contribution is 2.20. The Labute approximate surface area is 164 Å². The van der Waals surface area contributed by atoms with Crippen molar-refractivity contribution < 1.29 is 14.3 Å². The van der Waals surface area contributed by atoms with Crippen molar-refractivity contribution in [2.45, 2.75) is 39.2 Å². The second-order valence-corrected chi connectivity index (χ2v) is 6.77. The summed E-state index contributed by atoms with van der Waals surface area (Å²) in [5.74, 6) is -0.312. The number of esters is 1. The molecule has 6 heteroatoms. The molecule has 3 rings (SSSR count). The van der Waals surface area contributed by atoms with E-state index in [1.807, 2.05) is 41.2 Å². The van der Waals surface area contributed by atoms with Crippen molar-refractivity contribution in [1.82, 2.24) is 9.78 Å². The maximum atomic E-state index is 12.1. The van der Waals surface area contributed by atoms with Gasteiger partial charge in [0.25, 0.3) is 0 Å². The Morgan fingerprint density at radius 2 is 1.89 bits per heavy atom. The summed E-state index contributed by atoms with van der Waals surface area (Å²) in [6, 6.07) is 13.1. The SMILES string of the molecule is CCCCCC(=O)Nc1ccc2cnn(Cc3ccc(C(=O)OC)cc3)c2c1. The quantitative estimate of drug-likeness (QED) is 0.465. The zero-order chi connectivity index (χ0) is 19.9. The lowest BCUT2D eigenvalue weighted by Crippen LogP contribution is -2.11. The molecule has 0 atom stereocenters. The Kier molecular flexibility index (Phi) is 6.42. The van der Waals surface area contributed by atoms with Crippen LogP contribution < -0.4 is 5.32 Å². The second kappa shape index (κ2) is 9.17. The average Bonchev–Trinajstić information content (AvgIpc) is 3.10. The molecule has 0 unspecified atom stereocenters. The summed E-state index contributed by atoms with van der Waals surface area (Å²) in [7, 11) is 1.37. The van der Waals surface area contributed by atoms with Gasteiger partial charge in [-0.3, -0.25) is 9.48 Å². The van der Waals surface area contributed by atoms with Gasteiger partial charge in [-0.1, -0.05) is 31.9 Å². The number of benzene rings is 2. The maximum absolute atomic E-state index is 12.1. The van der Waals surface area contributed by atoms with E-state index in [9.17, 15) is 9.59 Å². The van der Waals surface area contributed by atoms with Gasteiger partial charge in [0.2, 0.25) is 5.91 Å². The van der Waals surface area contributed by atoms with Crippen LogP contribution in [0.3, 0.4) is 0 Å². The molecule has 1 N–H and O–H groups in total. The summed E-state index contributed by atoms with van der Waals surface area (Å²) in [4.78, 5) is 23.6. The van der Waals surface area contributed by atoms with Crippen molar-refractivity contribution in [2.75, 3.05) is 12.4 Å². The number of amides is 1. The molecule has 0 aliphatic rings. The van der Waals surface area contributed by atoms with Gasteiger partial charge in [-0.05, 0) is 42.3 Å². The molecule has 146 valence electrons. The minimum Gasteiger partial charge on any atom is -0.465 e. The lowest BCUT2D eigenvalue weighted by Gasteiger charge is -2.08. The molecule has 0 aliphatic heterocycles. The average molecular weight is 379 g/mol. The van der Waals surface area contributed by atoms with Crippen molar-refractivity contribution in [3.63, 3.8) is 0 Å². The van der Waals surface area contributed by atoms with Crippen molar-refractivity contribution in [3.8, 4) is 0 Å². The first-order chi connectivity index (χ1) is 13.6. The van der Waals surface area contributed by atoms with Gasteiger partial charge in [-0.25, -0.2) is 4.79 Å². The van der Waals surface area contributed by atoms with Crippen LogP contribution in [-0.2, 0) is 16.1 Å². The highest BCUT2D eigenvalue weighted by molar-refractivity contribution is 5.93. The summed E-state index contributed by atoms with van der Waals surface area (Å²) >= 11 is 0. The normalized spacial score (nSPS) is 10.8. The summed E-state index contributed by atoms with van der Waals surface area (Å²) in [5, 5.41) is 8.44. The van der Waals surface area contributed by atoms with Gasteiger partial charge < -0.3 is 10.1 Å². The lowest BCUT2D eigenvalue weighted by molar-refractivity contribution is -0.116. The van der Waals surface area contributed by atoms with Gasteiger partial charge in [-0.2, -0.15) is 5.10 Å². The molecular weight excluding hydrogens is 354 g/mol. The smallest absolute Gasteiger partial charge is 0.337 e. The Balaban J connectivity index is 1.73. The predicted octanol–water partition coefficient (Wildman–Crippen LogP) is 4.39. The third-order valence-corrected chi connectivity index (χ3v) is 4.64. The van der Waals surface area contributed by atoms with E-state index in [-0.39, 0.29) is 11.9 Å². The number of methoxy groups -OCH3 is 1. The van der Waals surface area contributed by atoms with Crippen LogP contribution in [0.2, 0.25) is 0 Å². The molecule has 0 bridgehead atoms. The van der Waals surface area contributed by atoms with Crippen molar-refractivity contribution in [1.29, 1.82) is 0 Å². The first-order valence-electron chi connectivity index (χ1n) is 9.53. The van der Waals surface area contributed by atoms with Crippen LogP contribution in [0.25, 0.3) is 10.9 Å². The van der Waals surface area contributed by atoms with E-state index in [0.29, 0.717) is 18.5 Å². The number of nitrogens with one attached hydrogen (secondary N) is 1. The molecule has 0 saturated carbocycles. The molecule has 0 aliphatic carbocycles. The van der Waals surface area contributed by atoms with Crippen LogP contribution in [0.15, 0.2) is 48.7 Å². The van der Waals surface area contributed by atoms with E-state index >= 15 is 0 Å². The molecule has 0 saturated heterocycles. The van der Waals surface area contributed by atoms with Crippen LogP contribution in [0.1, 0.15) is 48.5 Å². The van der Waals surface area contributed by atoms with Gasteiger partial charge in [-0.15, -0.1) is 0 Å². The van der Waals surface area contributed by atoms with Crippen LogP contribution in [-0.4, -0.2) is 28.8 Å². The van der Waals surface area contributed by atoms with Crippen molar-refractivity contribution >= 4 is 28.5 Å². The Bertz CT molecular complexity index is 961. The zero-order valence-corrected chi connectivity index (χ0v) is 16.3. The van der Waals surface area contributed by atoms with Crippen LogP contribution >= 0.6 is 0 Å². The van der Waals surface area contributed by atoms with Gasteiger partial charge in [0.15, 0.2) is 0 Å². The number of rotatable bonds is 8. The summed E-state index contributed by atoms with van der Waals surface area (Å²) in [6.07, 6.45) is 5.42. The Hall–Kier alpha value is -3.15. The van der Waals surface area contributed by atoms with Crippen LogP contribution in [0.5, 0.6) is 0 Å². The van der Waals surface area contributed by atoms with Gasteiger partial charge in [0, 0.05) is 17.5 Å².